The summed E-state index contributed by atoms with van der Waals surface area (Å²) in [5.41, 5.74) is 0.743. The highest BCUT2D eigenvalue weighted by Crippen LogP contribution is 2.46. The quantitative estimate of drug-likeness (QED) is 0.281. The molecule has 1 fully saturated rings. The van der Waals surface area contributed by atoms with E-state index in [1.54, 1.807) is 30.3 Å². The van der Waals surface area contributed by atoms with Gasteiger partial charge >= 0.3 is 7.60 Å². The van der Waals surface area contributed by atoms with Crippen LogP contribution < -0.4 is 17.1 Å². The van der Waals surface area contributed by atoms with Crippen molar-refractivity contribution in [2.75, 3.05) is 5.32 Å². The van der Waals surface area contributed by atoms with Crippen molar-refractivity contribution in [2.45, 2.75) is 24.6 Å². The summed E-state index contributed by atoms with van der Waals surface area (Å²) in [6, 6.07) is 8.47. The molecule has 0 bridgehead atoms. The fourth-order valence-corrected chi connectivity index (χ4v) is 3.80. The molecule has 4 atom stereocenters. The van der Waals surface area contributed by atoms with Gasteiger partial charge in [0, 0.05) is 11.4 Å². The number of nitrogens with zero attached hydrogens (tertiary/aromatic N) is 4. The minimum Gasteiger partial charge on any atom is -0.387 e. The molecule has 15 heteroatoms. The Morgan fingerprint density at radius 3 is 2.67 bits per heavy atom. The Labute approximate surface area is 185 Å². The van der Waals surface area contributed by atoms with Crippen LogP contribution in [0.15, 0.2) is 54.9 Å². The number of aliphatic hydroxyl groups is 1. The monoisotopic (exact) mass is 479 g/mol. The molecule has 1 amide bonds. The number of hydrogen-bond acceptors (Lipinski definition) is 11. The van der Waals surface area contributed by atoms with Gasteiger partial charge in [-0.05, 0) is 18.2 Å². The van der Waals surface area contributed by atoms with Gasteiger partial charge in [-0.15, -0.1) is 0 Å². The average Bonchev–Trinajstić information content (AvgIpc) is 3.40. The molecule has 0 saturated carbocycles. The first kappa shape index (κ1) is 23.1. The van der Waals surface area contributed by atoms with Crippen molar-refractivity contribution in [1.82, 2.24) is 19.5 Å². The number of rotatable bonds is 7. The van der Waals surface area contributed by atoms with Crippen molar-refractivity contribution < 1.29 is 32.8 Å². The summed E-state index contributed by atoms with van der Waals surface area (Å²) in [7, 11) is -3.96. The van der Waals surface area contributed by atoms with Crippen LogP contribution in [0.3, 0.4) is 0 Å². The van der Waals surface area contributed by atoms with E-state index in [0.29, 0.717) is 5.56 Å². The number of amides is 1. The number of aliphatic hydroxyl groups excluding tert-OH is 1. The summed E-state index contributed by atoms with van der Waals surface area (Å²) in [5, 5.41) is 12.9. The molecule has 6 N–H and O–H groups in total. The summed E-state index contributed by atoms with van der Waals surface area (Å²) < 4.78 is 42.0. The van der Waals surface area contributed by atoms with Gasteiger partial charge in [0.15, 0.2) is 29.4 Å². The van der Waals surface area contributed by atoms with E-state index in [4.69, 9.17) is 16.5 Å². The van der Waals surface area contributed by atoms with Crippen LogP contribution >= 0.6 is 7.60 Å². The number of anilines is 1. The zero-order valence-corrected chi connectivity index (χ0v) is 17.7. The predicted octanol–water partition coefficient (Wildman–Crippen LogP) is 1.16. The van der Waals surface area contributed by atoms with Crippen LogP contribution in [0, 0.1) is 0 Å². The van der Waals surface area contributed by atoms with Crippen molar-refractivity contribution in [3.63, 3.8) is 0 Å². The zero-order chi connectivity index (χ0) is 23.6. The van der Waals surface area contributed by atoms with E-state index in [1.807, 2.05) is 0 Å². The number of aromatic nitrogens is 4. The minimum atomic E-state index is -3.96. The number of fused-ring (bicyclic) bond motifs is 1. The summed E-state index contributed by atoms with van der Waals surface area (Å²) in [5.74, 6) is 10.3. The molecule has 1 saturated heterocycles. The third-order valence-corrected chi connectivity index (χ3v) is 6.01. The molecule has 174 valence electrons. The van der Waals surface area contributed by atoms with Gasteiger partial charge < -0.3 is 15.2 Å². The maximum Gasteiger partial charge on any atom is 0.386 e. The van der Waals surface area contributed by atoms with E-state index in [1.165, 1.54) is 17.2 Å². The molecule has 13 nitrogen and oxygen atoms in total. The van der Waals surface area contributed by atoms with E-state index in [-0.39, 0.29) is 17.0 Å². The average molecular weight is 479 g/mol. The largest absolute Gasteiger partial charge is 0.387 e. The molecule has 0 spiro atoms. The van der Waals surface area contributed by atoms with Crippen LogP contribution in [0.4, 0.5) is 10.2 Å². The number of ether oxygens (including phenoxy) is 1. The fourth-order valence-electron chi connectivity index (χ4n) is 3.23. The maximum absolute atomic E-state index is 14.9. The summed E-state index contributed by atoms with van der Waals surface area (Å²) in [6.45, 7) is 0. The molecule has 3 heterocycles. The van der Waals surface area contributed by atoms with Gasteiger partial charge in [0.2, 0.25) is 0 Å². The number of imidazole rings is 1. The van der Waals surface area contributed by atoms with Crippen LogP contribution in [-0.2, 0) is 18.6 Å². The Bertz CT molecular complexity index is 1220. The molecule has 1 aliphatic rings. The zero-order valence-electron chi connectivity index (χ0n) is 16.8. The standard InChI is InChI=1S/C18H19FN7O6P/c19-12-14(27)11(6-7-33(29,31-20)32-21)30-18(12)26-9-24-13-15(22-8-23-16(13)26)25-17(28)10-4-2-1-3-5-10/h1-9,11-12,14,18,27H,20-21H2,(H,22,23,25,28)/b7-6+/t11-,12+,14-,18-/m1/s1. The van der Waals surface area contributed by atoms with Crippen LogP contribution in [0.1, 0.15) is 16.6 Å². The number of nitrogens with one attached hydrogen (secondary N) is 1. The molecule has 2 aromatic heterocycles. The number of nitrogens with two attached hydrogens (primary N) is 2. The molecule has 0 radical (unpaired) electrons. The Morgan fingerprint density at radius 2 is 1.97 bits per heavy atom. The highest BCUT2D eigenvalue weighted by atomic mass is 31.2. The lowest BCUT2D eigenvalue weighted by Gasteiger charge is -2.15. The SMILES string of the molecule is NOP(=O)(/C=C/[C@H]1O[C@@H](n2cnc3c(NC(=O)c4ccccc4)ncnc32)[C@@H](F)[C@@H]1O)ON. The minimum absolute atomic E-state index is 0.110. The van der Waals surface area contributed by atoms with Gasteiger partial charge in [0.1, 0.15) is 18.5 Å². The highest BCUT2D eigenvalue weighted by molar-refractivity contribution is 7.57. The van der Waals surface area contributed by atoms with Gasteiger partial charge in [-0.25, -0.2) is 40.4 Å². The van der Waals surface area contributed by atoms with Gasteiger partial charge in [-0.2, -0.15) is 0 Å². The van der Waals surface area contributed by atoms with E-state index in [2.05, 4.69) is 29.5 Å². The Kier molecular flexibility index (Phi) is 6.58. The van der Waals surface area contributed by atoms with Crippen molar-refractivity contribution >= 4 is 30.5 Å². The highest BCUT2D eigenvalue weighted by Gasteiger charge is 2.45. The maximum atomic E-state index is 14.9. The number of carbonyl (C=O) groups excluding carboxylic acids is 1. The third-order valence-electron chi connectivity index (χ3n) is 4.88. The number of alkyl halides is 1. The first-order valence-electron chi connectivity index (χ1n) is 9.44. The topological polar surface area (TPSA) is 190 Å². The Morgan fingerprint density at radius 1 is 1.24 bits per heavy atom. The molecule has 1 aromatic carbocycles. The number of benzene rings is 1. The third kappa shape index (κ3) is 4.54. The van der Waals surface area contributed by atoms with E-state index in [0.717, 1.165) is 11.9 Å². The second kappa shape index (κ2) is 9.41. The van der Waals surface area contributed by atoms with Crippen molar-refractivity contribution in [3.8, 4) is 0 Å². The predicted molar refractivity (Wildman–Crippen MR) is 112 cm³/mol. The van der Waals surface area contributed by atoms with Gasteiger partial charge in [-0.3, -0.25) is 13.9 Å². The van der Waals surface area contributed by atoms with Crippen LogP contribution in [-0.4, -0.2) is 48.9 Å². The molecular formula is C18H19FN7O6P. The smallest absolute Gasteiger partial charge is 0.386 e. The van der Waals surface area contributed by atoms with Crippen molar-refractivity contribution in [3.05, 3.63) is 60.4 Å². The fraction of sp³-hybridized carbons (Fsp3) is 0.222. The van der Waals surface area contributed by atoms with E-state index in [9.17, 15) is 18.9 Å². The summed E-state index contributed by atoms with van der Waals surface area (Å²) in [6.07, 6.45) is -2.64. The first-order chi connectivity index (χ1) is 15.9. The Balaban J connectivity index is 1.59. The number of hydrogen-bond donors (Lipinski definition) is 4. The van der Waals surface area contributed by atoms with Crippen molar-refractivity contribution in [1.29, 1.82) is 0 Å². The van der Waals surface area contributed by atoms with Crippen LogP contribution in [0.5, 0.6) is 0 Å². The molecular weight excluding hydrogens is 460 g/mol. The van der Waals surface area contributed by atoms with Gasteiger partial charge in [0.25, 0.3) is 5.91 Å². The van der Waals surface area contributed by atoms with Crippen LogP contribution in [0.25, 0.3) is 11.2 Å². The summed E-state index contributed by atoms with van der Waals surface area (Å²) in [4.78, 5) is 24.8. The number of carbonyl (C=O) groups is 1. The van der Waals surface area contributed by atoms with E-state index < -0.39 is 38.1 Å². The second-order valence-corrected chi connectivity index (χ2v) is 8.68. The first-order valence-corrected chi connectivity index (χ1v) is 11.1. The Hall–Kier alpha value is -3.10. The van der Waals surface area contributed by atoms with Gasteiger partial charge in [0.05, 0.1) is 6.33 Å². The van der Waals surface area contributed by atoms with Crippen molar-refractivity contribution in [2.24, 2.45) is 11.8 Å². The summed E-state index contributed by atoms with van der Waals surface area (Å²) >= 11 is 0. The lowest BCUT2D eigenvalue weighted by Crippen LogP contribution is -2.27. The van der Waals surface area contributed by atoms with Crippen LogP contribution in [0.2, 0.25) is 0 Å². The molecule has 4 rings (SSSR count). The lowest BCUT2D eigenvalue weighted by atomic mass is 10.1. The lowest BCUT2D eigenvalue weighted by molar-refractivity contribution is -0.00171. The van der Waals surface area contributed by atoms with E-state index >= 15 is 0 Å². The molecule has 1 aliphatic heterocycles. The second-order valence-electron chi connectivity index (χ2n) is 6.88. The number of halogens is 1. The molecule has 0 unspecified atom stereocenters. The van der Waals surface area contributed by atoms with Gasteiger partial charge in [-0.1, -0.05) is 18.2 Å². The molecule has 0 aliphatic carbocycles. The normalized spacial score (nSPS) is 23.4. The molecule has 33 heavy (non-hydrogen) atoms. The molecule has 3 aromatic rings.